The van der Waals surface area contributed by atoms with Gasteiger partial charge in [-0.3, -0.25) is 10.1 Å². The van der Waals surface area contributed by atoms with Crippen LogP contribution < -0.4 is 5.32 Å². The standard InChI is InChI=1S/C11H18N4O3/c1-4-9-10(15(16)17)11(14(2)13-9)12-7-5-8(6-7)18-3/h7-8,12H,4-6H2,1-3H3. The molecule has 0 bridgehead atoms. The number of nitro groups is 1. The van der Waals surface area contributed by atoms with Crippen LogP contribution in [0.5, 0.6) is 0 Å². The minimum Gasteiger partial charge on any atom is -0.381 e. The highest BCUT2D eigenvalue weighted by molar-refractivity contribution is 5.60. The highest BCUT2D eigenvalue weighted by Gasteiger charge is 2.33. The zero-order valence-electron chi connectivity index (χ0n) is 10.8. The topological polar surface area (TPSA) is 82.2 Å². The Morgan fingerprint density at radius 2 is 2.28 bits per heavy atom. The lowest BCUT2D eigenvalue weighted by molar-refractivity contribution is -0.384. The molecule has 0 spiro atoms. The number of rotatable bonds is 5. The molecule has 1 saturated carbocycles. The summed E-state index contributed by atoms with van der Waals surface area (Å²) in [5, 5.41) is 18.5. The van der Waals surface area contributed by atoms with Gasteiger partial charge in [-0.05, 0) is 19.3 Å². The van der Waals surface area contributed by atoms with Crippen molar-refractivity contribution >= 4 is 11.5 Å². The summed E-state index contributed by atoms with van der Waals surface area (Å²) >= 11 is 0. The van der Waals surface area contributed by atoms with Crippen LogP contribution in [0.1, 0.15) is 25.5 Å². The molecule has 2 rings (SSSR count). The highest BCUT2D eigenvalue weighted by Crippen LogP contribution is 2.33. The third-order valence-electron chi connectivity index (χ3n) is 3.38. The maximum absolute atomic E-state index is 11.1. The molecule has 100 valence electrons. The van der Waals surface area contributed by atoms with Crippen LogP contribution in [0.4, 0.5) is 11.5 Å². The summed E-state index contributed by atoms with van der Waals surface area (Å²) in [6.45, 7) is 1.86. The summed E-state index contributed by atoms with van der Waals surface area (Å²) in [6, 6.07) is 0.230. The normalized spacial score (nSPS) is 22.6. The van der Waals surface area contributed by atoms with Crippen LogP contribution >= 0.6 is 0 Å². The summed E-state index contributed by atoms with van der Waals surface area (Å²) in [4.78, 5) is 10.8. The Hall–Kier alpha value is -1.63. The molecule has 0 unspecified atom stereocenters. The number of hydrogen-bond acceptors (Lipinski definition) is 5. The molecule has 1 aliphatic carbocycles. The van der Waals surface area contributed by atoms with E-state index in [2.05, 4.69) is 10.4 Å². The summed E-state index contributed by atoms with van der Waals surface area (Å²) < 4.78 is 6.74. The molecule has 7 nitrogen and oxygen atoms in total. The van der Waals surface area contributed by atoms with Crippen LogP contribution in [0.15, 0.2) is 0 Å². The van der Waals surface area contributed by atoms with Gasteiger partial charge in [-0.1, -0.05) is 6.92 Å². The summed E-state index contributed by atoms with van der Waals surface area (Å²) in [5.41, 5.74) is 0.619. The molecule has 18 heavy (non-hydrogen) atoms. The van der Waals surface area contributed by atoms with Gasteiger partial charge in [0.25, 0.3) is 0 Å². The molecule has 0 radical (unpaired) electrons. The van der Waals surface area contributed by atoms with E-state index in [1.807, 2.05) is 6.92 Å². The van der Waals surface area contributed by atoms with Crippen molar-refractivity contribution in [1.82, 2.24) is 9.78 Å². The molecule has 0 aromatic carbocycles. The Kier molecular flexibility index (Phi) is 3.51. The smallest absolute Gasteiger partial charge is 0.333 e. The predicted molar refractivity (Wildman–Crippen MR) is 66.7 cm³/mol. The number of hydrogen-bond donors (Lipinski definition) is 1. The lowest BCUT2D eigenvalue weighted by Gasteiger charge is -2.34. The van der Waals surface area contributed by atoms with Gasteiger partial charge in [0.15, 0.2) is 0 Å². The third kappa shape index (κ3) is 2.17. The highest BCUT2D eigenvalue weighted by atomic mass is 16.6. The second-order valence-electron chi connectivity index (χ2n) is 4.55. The van der Waals surface area contributed by atoms with Crippen LogP contribution in [0.2, 0.25) is 0 Å². The fourth-order valence-corrected chi connectivity index (χ4v) is 2.23. The minimum atomic E-state index is -0.360. The van der Waals surface area contributed by atoms with Crippen molar-refractivity contribution < 1.29 is 9.66 Å². The molecule has 0 amide bonds. The third-order valence-corrected chi connectivity index (χ3v) is 3.38. The van der Waals surface area contributed by atoms with E-state index in [1.165, 1.54) is 0 Å². The van der Waals surface area contributed by atoms with Gasteiger partial charge in [-0.2, -0.15) is 5.10 Å². The van der Waals surface area contributed by atoms with E-state index >= 15 is 0 Å². The number of nitrogens with one attached hydrogen (secondary N) is 1. The van der Waals surface area contributed by atoms with Crippen molar-refractivity contribution in [3.63, 3.8) is 0 Å². The molecular weight excluding hydrogens is 236 g/mol. The van der Waals surface area contributed by atoms with Gasteiger partial charge < -0.3 is 10.1 Å². The zero-order valence-corrected chi connectivity index (χ0v) is 10.8. The average molecular weight is 254 g/mol. The van der Waals surface area contributed by atoms with Crippen LogP contribution in [0, 0.1) is 10.1 Å². The number of aryl methyl sites for hydroxylation is 2. The summed E-state index contributed by atoms with van der Waals surface area (Å²) in [7, 11) is 3.41. The van der Waals surface area contributed by atoms with Crippen LogP contribution in [0.3, 0.4) is 0 Å². The van der Waals surface area contributed by atoms with Gasteiger partial charge in [0.05, 0.1) is 11.0 Å². The summed E-state index contributed by atoms with van der Waals surface area (Å²) in [6.07, 6.45) is 2.57. The Balaban J connectivity index is 2.17. The molecule has 1 aromatic heterocycles. The molecule has 7 heteroatoms. The van der Waals surface area contributed by atoms with Crippen molar-refractivity contribution in [1.29, 1.82) is 0 Å². The number of nitrogens with zero attached hydrogens (tertiary/aromatic N) is 3. The molecule has 1 fully saturated rings. The van der Waals surface area contributed by atoms with E-state index in [-0.39, 0.29) is 22.8 Å². The molecule has 1 aliphatic rings. The van der Waals surface area contributed by atoms with Gasteiger partial charge in [-0.25, -0.2) is 4.68 Å². The molecule has 0 saturated heterocycles. The Bertz CT molecular complexity index is 451. The largest absolute Gasteiger partial charge is 0.381 e. The molecular formula is C11H18N4O3. The SMILES string of the molecule is CCc1nn(C)c(NC2CC(OC)C2)c1[N+](=O)[O-]. The Labute approximate surface area is 105 Å². The second kappa shape index (κ2) is 4.93. The van der Waals surface area contributed by atoms with Gasteiger partial charge >= 0.3 is 5.69 Å². The minimum absolute atomic E-state index is 0.0980. The van der Waals surface area contributed by atoms with E-state index < -0.39 is 0 Å². The molecule has 1 aromatic rings. The number of aromatic nitrogens is 2. The molecule has 0 aliphatic heterocycles. The van der Waals surface area contributed by atoms with E-state index in [9.17, 15) is 10.1 Å². The Morgan fingerprint density at radius 3 is 2.78 bits per heavy atom. The van der Waals surface area contributed by atoms with Crippen LogP contribution in [-0.2, 0) is 18.2 Å². The van der Waals surface area contributed by atoms with Crippen molar-refractivity contribution in [2.75, 3.05) is 12.4 Å². The first-order chi connectivity index (χ1) is 8.56. The van der Waals surface area contributed by atoms with Gasteiger partial charge in [0.2, 0.25) is 5.82 Å². The fourth-order valence-electron chi connectivity index (χ4n) is 2.23. The van der Waals surface area contributed by atoms with E-state index in [1.54, 1.807) is 18.8 Å². The fraction of sp³-hybridized carbons (Fsp3) is 0.727. The molecule has 0 atom stereocenters. The first-order valence-electron chi connectivity index (χ1n) is 6.06. The van der Waals surface area contributed by atoms with E-state index in [4.69, 9.17) is 4.74 Å². The number of anilines is 1. The maximum Gasteiger partial charge on any atom is 0.333 e. The monoisotopic (exact) mass is 254 g/mol. The summed E-state index contributed by atoms with van der Waals surface area (Å²) in [5.74, 6) is 0.497. The van der Waals surface area contributed by atoms with Gasteiger partial charge in [0, 0.05) is 20.2 Å². The number of methoxy groups -OCH3 is 1. The average Bonchev–Trinajstić information content (AvgIpc) is 2.59. The van der Waals surface area contributed by atoms with Gasteiger partial charge in [0.1, 0.15) is 5.69 Å². The predicted octanol–water partition coefficient (Wildman–Crippen LogP) is 1.48. The maximum atomic E-state index is 11.1. The lowest BCUT2D eigenvalue weighted by Crippen LogP contribution is -2.40. The van der Waals surface area contributed by atoms with Crippen molar-refractivity contribution in [2.45, 2.75) is 38.3 Å². The van der Waals surface area contributed by atoms with Crippen LogP contribution in [-0.4, -0.2) is 34.0 Å². The van der Waals surface area contributed by atoms with E-state index in [0.29, 0.717) is 17.9 Å². The Morgan fingerprint density at radius 1 is 1.61 bits per heavy atom. The quantitative estimate of drug-likeness (QED) is 0.635. The van der Waals surface area contributed by atoms with Crippen molar-refractivity contribution in [3.8, 4) is 0 Å². The first-order valence-corrected chi connectivity index (χ1v) is 6.06. The van der Waals surface area contributed by atoms with E-state index in [0.717, 1.165) is 12.8 Å². The van der Waals surface area contributed by atoms with Gasteiger partial charge in [-0.15, -0.1) is 0 Å². The number of ether oxygens (including phenoxy) is 1. The van der Waals surface area contributed by atoms with Crippen molar-refractivity contribution in [2.24, 2.45) is 7.05 Å². The van der Waals surface area contributed by atoms with Crippen LogP contribution in [0.25, 0.3) is 0 Å². The molecule has 1 N–H and O–H groups in total. The first kappa shape index (κ1) is 12.8. The van der Waals surface area contributed by atoms with Crippen molar-refractivity contribution in [3.05, 3.63) is 15.8 Å². The second-order valence-corrected chi connectivity index (χ2v) is 4.55. The lowest BCUT2D eigenvalue weighted by atomic mass is 9.89. The zero-order chi connectivity index (χ0) is 13.3. The molecule has 1 heterocycles.